The largest absolute Gasteiger partial charge is 0.463 e. The molecule has 0 radical (unpaired) electrons. The van der Waals surface area contributed by atoms with Crippen LogP contribution in [-0.2, 0) is 19.7 Å². The normalized spacial score (nSPS) is 19.5. The van der Waals surface area contributed by atoms with Crippen LogP contribution in [0.1, 0.15) is 17.7 Å². The van der Waals surface area contributed by atoms with Crippen molar-refractivity contribution in [1.82, 2.24) is 9.88 Å². The number of nitrogens with one attached hydrogen (secondary N) is 1. The smallest absolute Gasteiger partial charge is 0.240 e. The average molecular weight is 361 g/mol. The van der Waals surface area contributed by atoms with Crippen LogP contribution >= 0.6 is 11.3 Å². The summed E-state index contributed by atoms with van der Waals surface area (Å²) in [5, 5.41) is 3.37. The number of anilines is 1. The Morgan fingerprint density at radius 2 is 2.20 bits per heavy atom. The Morgan fingerprint density at radius 3 is 2.84 bits per heavy atom. The van der Waals surface area contributed by atoms with Crippen molar-refractivity contribution in [1.29, 1.82) is 0 Å². The fourth-order valence-electron chi connectivity index (χ4n) is 2.95. The molecule has 8 heteroatoms. The van der Waals surface area contributed by atoms with E-state index in [9.17, 15) is 9.59 Å². The highest BCUT2D eigenvalue weighted by Gasteiger charge is 2.48. The van der Waals surface area contributed by atoms with Crippen LogP contribution in [0.4, 0.5) is 5.13 Å². The van der Waals surface area contributed by atoms with Crippen molar-refractivity contribution in [2.75, 3.05) is 38.2 Å². The lowest BCUT2D eigenvalue weighted by Gasteiger charge is -2.25. The SMILES string of the molecule is O=CC1(c2sc(NC(=O)CN3CCOCC3)nc2-c2ccco2)CC1. The van der Waals surface area contributed by atoms with Gasteiger partial charge in [0.05, 0.1) is 36.3 Å². The van der Waals surface area contributed by atoms with Crippen molar-refractivity contribution in [2.24, 2.45) is 0 Å². The summed E-state index contributed by atoms with van der Waals surface area (Å²) in [6, 6.07) is 3.61. The first kappa shape index (κ1) is 16.4. The number of amides is 1. The van der Waals surface area contributed by atoms with Gasteiger partial charge < -0.3 is 19.3 Å². The number of carbonyl (C=O) groups is 2. The van der Waals surface area contributed by atoms with E-state index in [-0.39, 0.29) is 5.91 Å². The topological polar surface area (TPSA) is 84.7 Å². The number of hydrogen-bond acceptors (Lipinski definition) is 7. The minimum atomic E-state index is -0.465. The molecule has 7 nitrogen and oxygen atoms in total. The maximum Gasteiger partial charge on any atom is 0.240 e. The summed E-state index contributed by atoms with van der Waals surface area (Å²) in [4.78, 5) is 31.3. The van der Waals surface area contributed by atoms with E-state index in [4.69, 9.17) is 9.15 Å². The van der Waals surface area contributed by atoms with E-state index < -0.39 is 5.41 Å². The predicted molar refractivity (Wildman–Crippen MR) is 92.7 cm³/mol. The van der Waals surface area contributed by atoms with Crippen LogP contribution in [0.2, 0.25) is 0 Å². The number of hydrogen-bond donors (Lipinski definition) is 1. The van der Waals surface area contributed by atoms with Gasteiger partial charge in [-0.3, -0.25) is 9.69 Å². The number of thiazole rings is 1. The molecule has 1 aliphatic heterocycles. The number of ether oxygens (including phenoxy) is 1. The molecular formula is C17H19N3O4S. The first-order chi connectivity index (χ1) is 12.2. The summed E-state index contributed by atoms with van der Waals surface area (Å²) < 4.78 is 10.8. The van der Waals surface area contributed by atoms with Gasteiger partial charge in [-0.05, 0) is 25.0 Å². The molecule has 132 valence electrons. The lowest BCUT2D eigenvalue weighted by molar-refractivity contribution is -0.118. The number of carbonyl (C=O) groups excluding carboxylic acids is 2. The molecule has 1 saturated heterocycles. The zero-order valence-electron chi connectivity index (χ0n) is 13.7. The summed E-state index contributed by atoms with van der Waals surface area (Å²) in [6.45, 7) is 3.12. The second-order valence-corrected chi connectivity index (χ2v) is 7.38. The molecule has 0 unspecified atom stereocenters. The zero-order chi connectivity index (χ0) is 17.3. The van der Waals surface area contributed by atoms with Crippen molar-refractivity contribution in [3.05, 3.63) is 23.3 Å². The fraction of sp³-hybridized carbons (Fsp3) is 0.471. The average Bonchev–Trinajstić information content (AvgIpc) is 3.03. The Balaban J connectivity index is 1.53. The first-order valence-corrected chi connectivity index (χ1v) is 9.13. The number of morpholine rings is 1. The molecule has 1 amide bonds. The Labute approximate surface area is 149 Å². The van der Waals surface area contributed by atoms with Gasteiger partial charge in [0.2, 0.25) is 5.91 Å². The highest BCUT2D eigenvalue weighted by Crippen LogP contribution is 2.52. The molecule has 1 N–H and O–H groups in total. The third kappa shape index (κ3) is 3.37. The van der Waals surface area contributed by atoms with Crippen molar-refractivity contribution in [3.63, 3.8) is 0 Å². The van der Waals surface area contributed by atoms with E-state index in [0.29, 0.717) is 36.3 Å². The molecule has 2 fully saturated rings. The molecule has 3 heterocycles. The molecule has 2 aromatic heterocycles. The first-order valence-electron chi connectivity index (χ1n) is 8.32. The molecule has 0 bridgehead atoms. The van der Waals surface area contributed by atoms with E-state index in [1.807, 2.05) is 6.07 Å². The van der Waals surface area contributed by atoms with Gasteiger partial charge in [0.25, 0.3) is 0 Å². The number of nitrogens with zero attached hydrogens (tertiary/aromatic N) is 2. The van der Waals surface area contributed by atoms with Crippen molar-refractivity contribution < 1.29 is 18.7 Å². The van der Waals surface area contributed by atoms with Crippen LogP contribution in [-0.4, -0.2) is 54.9 Å². The molecular weight excluding hydrogens is 342 g/mol. The van der Waals surface area contributed by atoms with Crippen molar-refractivity contribution in [3.8, 4) is 11.5 Å². The van der Waals surface area contributed by atoms with Crippen LogP contribution in [0.5, 0.6) is 0 Å². The van der Waals surface area contributed by atoms with Crippen LogP contribution in [0.25, 0.3) is 11.5 Å². The van der Waals surface area contributed by atoms with Crippen LogP contribution in [0.3, 0.4) is 0 Å². The highest BCUT2D eigenvalue weighted by atomic mass is 32.1. The molecule has 4 rings (SSSR count). The van der Waals surface area contributed by atoms with Gasteiger partial charge in [0, 0.05) is 13.1 Å². The number of aromatic nitrogens is 1. The van der Waals surface area contributed by atoms with Crippen LogP contribution < -0.4 is 5.32 Å². The Bertz CT molecular complexity index is 761. The molecule has 0 aromatic carbocycles. The summed E-state index contributed by atoms with van der Waals surface area (Å²) in [5.41, 5.74) is 0.189. The maximum absolute atomic E-state index is 12.3. The lowest BCUT2D eigenvalue weighted by atomic mass is 10.0. The molecule has 1 saturated carbocycles. The second-order valence-electron chi connectivity index (χ2n) is 6.38. The maximum atomic E-state index is 12.3. The van der Waals surface area contributed by atoms with E-state index in [2.05, 4.69) is 15.2 Å². The monoisotopic (exact) mass is 361 g/mol. The molecule has 1 aliphatic carbocycles. The van der Waals surface area contributed by atoms with Crippen LogP contribution in [0.15, 0.2) is 22.8 Å². The Morgan fingerprint density at radius 1 is 1.40 bits per heavy atom. The minimum absolute atomic E-state index is 0.107. The van der Waals surface area contributed by atoms with E-state index in [1.54, 1.807) is 12.3 Å². The molecule has 2 aromatic rings. The quantitative estimate of drug-likeness (QED) is 0.791. The van der Waals surface area contributed by atoms with E-state index in [1.165, 1.54) is 11.3 Å². The zero-order valence-corrected chi connectivity index (χ0v) is 14.5. The summed E-state index contributed by atoms with van der Waals surface area (Å²) >= 11 is 1.36. The van der Waals surface area contributed by atoms with Gasteiger partial charge in [-0.2, -0.15) is 0 Å². The predicted octanol–water partition coefficient (Wildman–Crippen LogP) is 1.90. The summed E-state index contributed by atoms with van der Waals surface area (Å²) in [6.07, 6.45) is 4.20. The van der Waals surface area contributed by atoms with Crippen molar-refractivity contribution >= 4 is 28.7 Å². The molecule has 0 spiro atoms. The van der Waals surface area contributed by atoms with Gasteiger partial charge in [-0.25, -0.2) is 4.98 Å². The van der Waals surface area contributed by atoms with Gasteiger partial charge >= 0.3 is 0 Å². The Kier molecular flexibility index (Phi) is 4.41. The lowest BCUT2D eigenvalue weighted by Crippen LogP contribution is -2.41. The number of aldehydes is 1. The summed E-state index contributed by atoms with van der Waals surface area (Å²) in [7, 11) is 0. The highest BCUT2D eigenvalue weighted by molar-refractivity contribution is 7.16. The minimum Gasteiger partial charge on any atom is -0.463 e. The van der Waals surface area contributed by atoms with Crippen LogP contribution in [0, 0.1) is 0 Å². The second kappa shape index (κ2) is 6.70. The third-order valence-electron chi connectivity index (χ3n) is 4.57. The number of rotatable bonds is 6. The van der Waals surface area contributed by atoms with Gasteiger partial charge in [-0.15, -0.1) is 0 Å². The van der Waals surface area contributed by atoms with Gasteiger partial charge in [0.1, 0.15) is 12.0 Å². The molecule has 0 atom stereocenters. The van der Waals surface area contributed by atoms with Gasteiger partial charge in [0.15, 0.2) is 10.9 Å². The van der Waals surface area contributed by atoms with Gasteiger partial charge in [-0.1, -0.05) is 11.3 Å². The third-order valence-corrected chi connectivity index (χ3v) is 5.76. The fourth-order valence-corrected chi connectivity index (χ4v) is 4.14. The molecule has 25 heavy (non-hydrogen) atoms. The van der Waals surface area contributed by atoms with E-state index in [0.717, 1.165) is 37.1 Å². The van der Waals surface area contributed by atoms with Crippen molar-refractivity contribution in [2.45, 2.75) is 18.3 Å². The number of furan rings is 1. The van der Waals surface area contributed by atoms with E-state index >= 15 is 0 Å². The molecule has 2 aliphatic rings. The standard InChI is InChI=1S/C17H19N3O4S/c21-11-17(3-4-17)15-14(12-2-1-7-24-12)19-16(25-15)18-13(22)10-20-5-8-23-9-6-20/h1-2,7,11H,3-6,8-10H2,(H,18,19,22). The Hall–Kier alpha value is -2.03. The summed E-state index contributed by atoms with van der Waals surface area (Å²) in [5.74, 6) is 0.511.